The molecular formula is C107H122Si3. The van der Waals surface area contributed by atoms with Crippen molar-refractivity contribution in [3.05, 3.63) is 401 Å². The highest BCUT2D eigenvalue weighted by Gasteiger charge is 2.19. The largest absolute Gasteiger partial charge is 0.0776 e. The average Bonchev–Trinajstić information content (AvgIpc) is 0.838. The Morgan fingerprint density at radius 1 is 0.173 bits per heavy atom. The average molecular weight is 1490 g/mol. The molecule has 3 heteroatoms. The monoisotopic (exact) mass is 1490 g/mol. The summed E-state index contributed by atoms with van der Waals surface area (Å²) in [6.45, 7) is 49.7. The van der Waals surface area contributed by atoms with Crippen LogP contribution in [0.15, 0.2) is 340 Å². The third-order valence-corrected chi connectivity index (χ3v) is 26.1. The Morgan fingerprint density at radius 2 is 0.455 bits per heavy atom. The molecule has 14 rings (SSSR count). The van der Waals surface area contributed by atoms with Crippen molar-refractivity contribution in [1.82, 2.24) is 0 Å². The van der Waals surface area contributed by atoms with E-state index in [2.05, 4.69) is 477 Å². The quantitative estimate of drug-likeness (QED) is 0.120. The van der Waals surface area contributed by atoms with Crippen molar-refractivity contribution >= 4 is 39.8 Å². The molecule has 0 aliphatic rings. The number of aryl methyl sites for hydroxylation is 10. The first kappa shape index (κ1) is 85.3. The molecule has 0 aliphatic heterocycles. The van der Waals surface area contributed by atoms with Gasteiger partial charge in [-0.2, -0.15) is 0 Å². The molecule has 0 nitrogen and oxygen atoms in total. The summed E-state index contributed by atoms with van der Waals surface area (Å²) in [5.41, 5.74) is 33.3. The summed E-state index contributed by atoms with van der Waals surface area (Å²) in [6, 6.07) is 122. The molecule has 0 heterocycles. The topological polar surface area (TPSA) is 0 Å². The SMILES string of the molecule is Cc1cc(C)cc(-c2ccccc2)c1.Cc1ccc(-c2ccc([Si](C)(C)C)cc2)cc1.Cc1ccc(-c2ccccc2)cc1C.Cc1ccc(C)c(-c2ccccc2)c1.Cc1ccc([Si](C)(C)C)cc1-c1ccccc1.Cc1cccc(-c2ccc(C(C)(C)C)cc2)c1.Cc1cccc(-c2ccc([Si](C)(C)C)cc2)c1. The highest BCUT2D eigenvalue weighted by atomic mass is 28.3. The van der Waals surface area contributed by atoms with E-state index in [1.165, 1.54) is 155 Å². The van der Waals surface area contributed by atoms with Gasteiger partial charge in [-0.05, 0) is 180 Å². The zero-order valence-electron chi connectivity index (χ0n) is 70.3. The van der Waals surface area contributed by atoms with Crippen LogP contribution in [0.3, 0.4) is 0 Å². The zero-order chi connectivity index (χ0) is 79.8. The van der Waals surface area contributed by atoms with Crippen LogP contribution >= 0.6 is 0 Å². The molecule has 110 heavy (non-hydrogen) atoms. The lowest BCUT2D eigenvalue weighted by molar-refractivity contribution is 0.590. The Balaban J connectivity index is 0.000000162. The van der Waals surface area contributed by atoms with Gasteiger partial charge in [0, 0.05) is 0 Å². The van der Waals surface area contributed by atoms with Crippen molar-refractivity contribution in [2.75, 3.05) is 0 Å². The third kappa shape index (κ3) is 26.8. The molecule has 562 valence electrons. The minimum atomic E-state index is -1.22. The van der Waals surface area contributed by atoms with Gasteiger partial charge in [0.15, 0.2) is 0 Å². The Labute approximate surface area is 668 Å². The molecule has 14 aromatic rings. The Kier molecular flexibility index (Phi) is 31.0. The highest BCUT2D eigenvalue weighted by Crippen LogP contribution is 2.30. The number of benzene rings is 14. The molecule has 0 spiro atoms. The fraction of sp³-hybridized carbons (Fsp3) is 0.215. The molecule has 0 aromatic heterocycles. The van der Waals surface area contributed by atoms with Crippen molar-refractivity contribution in [2.45, 2.75) is 154 Å². The highest BCUT2D eigenvalue weighted by molar-refractivity contribution is 6.89. The lowest BCUT2D eigenvalue weighted by Crippen LogP contribution is -2.37. The van der Waals surface area contributed by atoms with Gasteiger partial charge in [-0.1, -0.05) is 468 Å². The lowest BCUT2D eigenvalue weighted by Gasteiger charge is -2.19. The van der Waals surface area contributed by atoms with Crippen molar-refractivity contribution < 1.29 is 0 Å². The second-order valence-corrected chi connectivity index (χ2v) is 49.1. The fourth-order valence-electron chi connectivity index (χ4n) is 12.9. The zero-order valence-corrected chi connectivity index (χ0v) is 73.3. The lowest BCUT2D eigenvalue weighted by atomic mass is 9.86. The Bertz CT molecular complexity index is 5000. The van der Waals surface area contributed by atoms with Crippen LogP contribution in [0, 0.1) is 69.2 Å². The van der Waals surface area contributed by atoms with Crippen LogP contribution in [0.2, 0.25) is 58.9 Å². The molecule has 0 aliphatic carbocycles. The second-order valence-electron chi connectivity index (χ2n) is 33.8. The second kappa shape index (κ2) is 39.9. The summed E-state index contributed by atoms with van der Waals surface area (Å²) in [5.74, 6) is 0. The van der Waals surface area contributed by atoms with Crippen molar-refractivity contribution in [1.29, 1.82) is 0 Å². The molecule has 0 bridgehead atoms. The first-order valence-corrected chi connectivity index (χ1v) is 49.8. The predicted octanol–water partition coefficient (Wildman–Crippen LogP) is 29.5. The van der Waals surface area contributed by atoms with E-state index in [4.69, 9.17) is 0 Å². The molecule has 0 fully saturated rings. The molecule has 0 N–H and O–H groups in total. The van der Waals surface area contributed by atoms with Crippen molar-refractivity contribution in [3.8, 4) is 77.9 Å². The van der Waals surface area contributed by atoms with E-state index in [-0.39, 0.29) is 5.41 Å². The van der Waals surface area contributed by atoms with Crippen LogP contribution in [0.1, 0.15) is 82.0 Å². The van der Waals surface area contributed by atoms with Crippen LogP contribution < -0.4 is 15.6 Å². The number of hydrogen-bond donors (Lipinski definition) is 0. The van der Waals surface area contributed by atoms with Crippen LogP contribution in [-0.4, -0.2) is 24.2 Å². The molecular weight excluding hydrogens is 1370 g/mol. The first-order valence-electron chi connectivity index (χ1n) is 39.3. The minimum Gasteiger partial charge on any atom is -0.0656 e. The Hall–Kier alpha value is -10.3. The van der Waals surface area contributed by atoms with Gasteiger partial charge in [0.1, 0.15) is 0 Å². The normalized spacial score (nSPS) is 11.0. The van der Waals surface area contributed by atoms with E-state index >= 15 is 0 Å². The summed E-state index contributed by atoms with van der Waals surface area (Å²) >= 11 is 0. The summed E-state index contributed by atoms with van der Waals surface area (Å²) in [5, 5.41) is 4.57. The maximum absolute atomic E-state index is 2.40. The van der Waals surface area contributed by atoms with Crippen LogP contribution in [0.5, 0.6) is 0 Å². The molecule has 0 atom stereocenters. The van der Waals surface area contributed by atoms with E-state index in [1.807, 2.05) is 12.1 Å². The Morgan fingerprint density at radius 3 is 0.845 bits per heavy atom. The van der Waals surface area contributed by atoms with Gasteiger partial charge in [-0.15, -0.1) is 0 Å². The van der Waals surface area contributed by atoms with Gasteiger partial charge in [0.05, 0.1) is 24.2 Å². The smallest absolute Gasteiger partial charge is 0.0656 e. The summed E-state index contributed by atoms with van der Waals surface area (Å²) < 4.78 is 0. The van der Waals surface area contributed by atoms with Gasteiger partial charge in [-0.25, -0.2) is 0 Å². The fourth-order valence-corrected chi connectivity index (χ4v) is 16.4. The van der Waals surface area contributed by atoms with Gasteiger partial charge >= 0.3 is 0 Å². The number of hydrogen-bond acceptors (Lipinski definition) is 0. The van der Waals surface area contributed by atoms with Crippen molar-refractivity contribution in [3.63, 3.8) is 0 Å². The van der Waals surface area contributed by atoms with Crippen molar-refractivity contribution in [2.24, 2.45) is 0 Å². The van der Waals surface area contributed by atoms with E-state index in [0.717, 1.165) is 0 Å². The molecule has 0 radical (unpaired) electrons. The molecule has 0 saturated heterocycles. The maximum Gasteiger partial charge on any atom is 0.0776 e. The minimum absolute atomic E-state index is 0.227. The van der Waals surface area contributed by atoms with Crippen LogP contribution in [-0.2, 0) is 5.41 Å². The van der Waals surface area contributed by atoms with E-state index in [1.54, 1.807) is 0 Å². The van der Waals surface area contributed by atoms with E-state index in [0.29, 0.717) is 0 Å². The first-order chi connectivity index (χ1) is 52.2. The molecule has 14 aromatic carbocycles. The maximum atomic E-state index is 2.40. The van der Waals surface area contributed by atoms with Gasteiger partial charge in [0.25, 0.3) is 0 Å². The van der Waals surface area contributed by atoms with Gasteiger partial charge in [0.2, 0.25) is 0 Å². The van der Waals surface area contributed by atoms with Gasteiger partial charge < -0.3 is 0 Å². The number of rotatable bonds is 10. The summed E-state index contributed by atoms with van der Waals surface area (Å²) in [4.78, 5) is 0. The standard InChI is InChI=1S/C17H20.3C16H20Si.3C14H14/c1-13-6-5-7-15(12-13)14-8-10-16(11-9-14)17(2,3)4;1-13-5-7-14(8-6-13)15-9-11-16(12-10-15)17(2,3)4;1-13-6-5-7-15(12-13)14-8-10-16(11-9-14)17(2,3)4;1-13-10-11-15(17(2,3)4)12-16(13)14-8-6-5-7-9-14;1-11-8-12(2)10-14(9-11)13-6-4-3-5-7-13;1-11-8-9-14(10-12(11)2)13-6-4-3-5-7-13;1-11-8-9-12(2)14(10-11)13-6-4-3-5-7-13/h4*5-12H,1-4H3;3*3-10H,1-2H3. The summed E-state index contributed by atoms with van der Waals surface area (Å²) in [7, 11) is -3.55. The van der Waals surface area contributed by atoms with Gasteiger partial charge in [-0.3, -0.25) is 0 Å². The molecule has 0 unspecified atom stereocenters. The summed E-state index contributed by atoms with van der Waals surface area (Å²) in [6.07, 6.45) is 0. The van der Waals surface area contributed by atoms with E-state index < -0.39 is 24.2 Å². The molecule has 0 saturated carbocycles. The molecule has 0 amide bonds. The van der Waals surface area contributed by atoms with E-state index in [9.17, 15) is 0 Å². The van der Waals surface area contributed by atoms with Crippen LogP contribution in [0.25, 0.3) is 77.9 Å². The third-order valence-electron chi connectivity index (χ3n) is 19.9. The van der Waals surface area contributed by atoms with Crippen LogP contribution in [0.4, 0.5) is 0 Å². The predicted molar refractivity (Wildman–Crippen MR) is 498 cm³/mol.